The number of halogens is 3. The summed E-state index contributed by atoms with van der Waals surface area (Å²) in [5, 5.41) is 9.18. The maximum Gasteiger partial charge on any atom is 0.573 e. The van der Waals surface area contributed by atoms with Crippen LogP contribution in [-0.4, -0.2) is 17.4 Å². The van der Waals surface area contributed by atoms with Crippen LogP contribution in [0, 0.1) is 5.41 Å². The Labute approximate surface area is 108 Å². The molecule has 1 aromatic carbocycles. The molecule has 1 fully saturated rings. The van der Waals surface area contributed by atoms with E-state index in [9.17, 15) is 23.1 Å². The van der Waals surface area contributed by atoms with Crippen LogP contribution in [-0.2, 0) is 11.2 Å². The van der Waals surface area contributed by atoms with E-state index >= 15 is 0 Å². The summed E-state index contributed by atoms with van der Waals surface area (Å²) in [7, 11) is 0. The van der Waals surface area contributed by atoms with Gasteiger partial charge in [0.1, 0.15) is 5.75 Å². The standard InChI is InChI=1S/C13H13F3O3/c14-13(15,16)19-10-4-2-9(3-5-10)8-12(11(17)18)6-1-7-12/h2-5H,1,6-8H2,(H,17,18). The molecule has 19 heavy (non-hydrogen) atoms. The molecule has 0 aromatic heterocycles. The number of hydrogen-bond acceptors (Lipinski definition) is 2. The van der Waals surface area contributed by atoms with Gasteiger partial charge in [0.05, 0.1) is 5.41 Å². The van der Waals surface area contributed by atoms with E-state index in [0.29, 0.717) is 24.8 Å². The molecule has 1 aliphatic carbocycles. The summed E-state index contributed by atoms with van der Waals surface area (Å²) < 4.78 is 39.7. The molecule has 6 heteroatoms. The number of carboxylic acids is 1. The van der Waals surface area contributed by atoms with Crippen LogP contribution in [0.2, 0.25) is 0 Å². The first-order valence-electron chi connectivity index (χ1n) is 5.89. The molecule has 3 nitrogen and oxygen atoms in total. The molecule has 1 aromatic rings. The van der Waals surface area contributed by atoms with Gasteiger partial charge in [0.2, 0.25) is 0 Å². The Bertz CT molecular complexity index is 461. The quantitative estimate of drug-likeness (QED) is 0.915. The van der Waals surface area contributed by atoms with E-state index in [1.54, 1.807) is 0 Å². The third kappa shape index (κ3) is 3.19. The number of carbonyl (C=O) groups is 1. The lowest BCUT2D eigenvalue weighted by molar-refractivity contribution is -0.274. The van der Waals surface area contributed by atoms with Crippen molar-refractivity contribution in [2.75, 3.05) is 0 Å². The van der Waals surface area contributed by atoms with Crippen LogP contribution in [0.25, 0.3) is 0 Å². The van der Waals surface area contributed by atoms with E-state index in [-0.39, 0.29) is 5.75 Å². The molecule has 0 saturated heterocycles. The molecule has 0 bridgehead atoms. The molecule has 0 heterocycles. The number of rotatable bonds is 4. The molecule has 104 valence electrons. The zero-order valence-corrected chi connectivity index (χ0v) is 10.0. The van der Waals surface area contributed by atoms with Crippen molar-refractivity contribution in [1.82, 2.24) is 0 Å². The van der Waals surface area contributed by atoms with Crippen LogP contribution in [0.3, 0.4) is 0 Å². The van der Waals surface area contributed by atoms with E-state index in [1.165, 1.54) is 24.3 Å². The monoisotopic (exact) mass is 274 g/mol. The van der Waals surface area contributed by atoms with Gasteiger partial charge in [-0.05, 0) is 37.0 Å². The zero-order chi connectivity index (χ0) is 14.1. The first-order valence-corrected chi connectivity index (χ1v) is 5.89. The van der Waals surface area contributed by atoms with Crippen LogP contribution < -0.4 is 4.74 Å². The minimum absolute atomic E-state index is 0.297. The van der Waals surface area contributed by atoms with Crippen molar-refractivity contribution in [2.24, 2.45) is 5.41 Å². The lowest BCUT2D eigenvalue weighted by Crippen LogP contribution is -2.39. The van der Waals surface area contributed by atoms with Gasteiger partial charge >= 0.3 is 12.3 Å². The number of aliphatic carboxylic acids is 1. The highest BCUT2D eigenvalue weighted by Gasteiger charge is 2.44. The van der Waals surface area contributed by atoms with E-state index in [0.717, 1.165) is 6.42 Å². The molecule has 1 saturated carbocycles. The normalized spacial score (nSPS) is 17.6. The van der Waals surface area contributed by atoms with Crippen LogP contribution >= 0.6 is 0 Å². The topological polar surface area (TPSA) is 46.5 Å². The highest BCUT2D eigenvalue weighted by Crippen LogP contribution is 2.44. The van der Waals surface area contributed by atoms with E-state index in [2.05, 4.69) is 4.74 Å². The summed E-state index contributed by atoms with van der Waals surface area (Å²) in [6.45, 7) is 0. The summed E-state index contributed by atoms with van der Waals surface area (Å²) >= 11 is 0. The highest BCUT2D eigenvalue weighted by atomic mass is 19.4. The summed E-state index contributed by atoms with van der Waals surface area (Å²) in [4.78, 5) is 11.2. The third-order valence-corrected chi connectivity index (χ3v) is 3.46. The van der Waals surface area contributed by atoms with Gasteiger partial charge in [0.25, 0.3) is 0 Å². The molecule has 1 aliphatic rings. The molecule has 2 rings (SSSR count). The van der Waals surface area contributed by atoms with E-state index < -0.39 is 17.7 Å². The number of alkyl halides is 3. The molecule has 1 N–H and O–H groups in total. The zero-order valence-electron chi connectivity index (χ0n) is 10.0. The second-order valence-electron chi connectivity index (χ2n) is 4.81. The summed E-state index contributed by atoms with van der Waals surface area (Å²) in [5.74, 6) is -1.14. The van der Waals surface area contributed by atoms with Gasteiger partial charge in [0, 0.05) is 0 Å². The van der Waals surface area contributed by atoms with Crippen molar-refractivity contribution < 1.29 is 27.8 Å². The minimum atomic E-state index is -4.71. The van der Waals surface area contributed by atoms with Gasteiger partial charge in [-0.25, -0.2) is 0 Å². The largest absolute Gasteiger partial charge is 0.573 e. The van der Waals surface area contributed by atoms with Gasteiger partial charge in [0.15, 0.2) is 0 Å². The fraction of sp³-hybridized carbons (Fsp3) is 0.462. The average molecular weight is 274 g/mol. The van der Waals surface area contributed by atoms with Gasteiger partial charge in [-0.3, -0.25) is 4.79 Å². The smallest absolute Gasteiger partial charge is 0.481 e. The molecular formula is C13H13F3O3. The fourth-order valence-electron chi connectivity index (χ4n) is 2.27. The third-order valence-electron chi connectivity index (χ3n) is 3.46. The number of carboxylic acid groups (broad SMARTS) is 1. The number of benzene rings is 1. The maximum absolute atomic E-state index is 12.0. The van der Waals surface area contributed by atoms with Crippen LogP contribution in [0.5, 0.6) is 5.75 Å². The average Bonchev–Trinajstić information content (AvgIpc) is 2.23. The van der Waals surface area contributed by atoms with Gasteiger partial charge in [-0.2, -0.15) is 0 Å². The second kappa shape index (κ2) is 4.75. The first-order chi connectivity index (χ1) is 8.81. The molecule has 0 spiro atoms. The predicted molar refractivity (Wildman–Crippen MR) is 60.7 cm³/mol. The van der Waals surface area contributed by atoms with Gasteiger partial charge < -0.3 is 9.84 Å². The Morgan fingerprint density at radius 1 is 1.26 bits per heavy atom. The van der Waals surface area contributed by atoms with Crippen molar-refractivity contribution >= 4 is 5.97 Å². The maximum atomic E-state index is 12.0. The Hall–Kier alpha value is -1.72. The van der Waals surface area contributed by atoms with Crippen molar-refractivity contribution in [1.29, 1.82) is 0 Å². The molecule has 0 atom stereocenters. The first kappa shape index (κ1) is 13.7. The molecule has 0 aliphatic heterocycles. The second-order valence-corrected chi connectivity index (χ2v) is 4.81. The lowest BCUT2D eigenvalue weighted by atomic mass is 9.65. The van der Waals surface area contributed by atoms with Crippen LogP contribution in [0.1, 0.15) is 24.8 Å². The van der Waals surface area contributed by atoms with Gasteiger partial charge in [-0.15, -0.1) is 13.2 Å². The number of hydrogen-bond donors (Lipinski definition) is 1. The Morgan fingerprint density at radius 2 is 1.84 bits per heavy atom. The van der Waals surface area contributed by atoms with Crippen molar-refractivity contribution in [2.45, 2.75) is 32.0 Å². The molecule has 0 unspecified atom stereocenters. The summed E-state index contributed by atoms with van der Waals surface area (Å²) in [5.41, 5.74) is -0.0384. The van der Waals surface area contributed by atoms with Crippen LogP contribution in [0.4, 0.5) is 13.2 Å². The SMILES string of the molecule is O=C(O)C1(Cc2ccc(OC(F)(F)F)cc2)CCC1. The lowest BCUT2D eigenvalue weighted by Gasteiger charge is -2.37. The van der Waals surface area contributed by atoms with Gasteiger partial charge in [-0.1, -0.05) is 18.6 Å². The molecule has 0 radical (unpaired) electrons. The Balaban J connectivity index is 2.05. The molecule has 0 amide bonds. The fourth-order valence-corrected chi connectivity index (χ4v) is 2.27. The van der Waals surface area contributed by atoms with Crippen molar-refractivity contribution in [3.8, 4) is 5.75 Å². The van der Waals surface area contributed by atoms with Crippen molar-refractivity contribution in [3.63, 3.8) is 0 Å². The summed E-state index contributed by atoms with van der Waals surface area (Å²) in [6.07, 6.45) is -2.26. The van der Waals surface area contributed by atoms with Crippen molar-refractivity contribution in [3.05, 3.63) is 29.8 Å². The predicted octanol–water partition coefficient (Wildman–Crippen LogP) is 3.38. The number of ether oxygens (including phenoxy) is 1. The molecular weight excluding hydrogens is 261 g/mol. The Kier molecular flexibility index (Phi) is 3.43. The van der Waals surface area contributed by atoms with E-state index in [4.69, 9.17) is 0 Å². The highest BCUT2D eigenvalue weighted by molar-refractivity contribution is 5.76. The summed E-state index contributed by atoms with van der Waals surface area (Å²) in [6, 6.07) is 5.36. The van der Waals surface area contributed by atoms with Crippen LogP contribution in [0.15, 0.2) is 24.3 Å². The van der Waals surface area contributed by atoms with E-state index in [1.807, 2.05) is 0 Å². The minimum Gasteiger partial charge on any atom is -0.481 e. The Morgan fingerprint density at radius 3 is 2.21 bits per heavy atom.